The third-order valence-electron chi connectivity index (χ3n) is 5.06. The molecule has 4 nitrogen and oxygen atoms in total. The molecule has 1 aliphatic carbocycles. The molecule has 1 aromatic heterocycles. The van der Waals surface area contributed by atoms with Crippen molar-refractivity contribution >= 4 is 5.91 Å². The molecule has 0 radical (unpaired) electrons. The molecule has 0 spiro atoms. The summed E-state index contributed by atoms with van der Waals surface area (Å²) < 4.78 is 1.61. The lowest BCUT2D eigenvalue weighted by molar-refractivity contribution is 0.0949. The second-order valence-electron chi connectivity index (χ2n) is 7.02. The summed E-state index contributed by atoms with van der Waals surface area (Å²) in [6.07, 6.45) is 3.38. The van der Waals surface area contributed by atoms with Gasteiger partial charge >= 0.3 is 0 Å². The Morgan fingerprint density at radius 3 is 2.41 bits per heavy atom. The standard InChI is InChI=1S/C23H22N2O2/c26-22-12-11-19(16-25(22)14-13-17-7-3-1-4-8-17)23(27)24-21-15-20(21)18-9-5-2-6-10-18/h1-12,16,20-21H,13-15H2,(H,24,27)/t20-,21+/m0/s1. The number of aryl methyl sites for hydroxylation is 2. The minimum absolute atomic E-state index is 0.0870. The molecule has 4 rings (SSSR count). The van der Waals surface area contributed by atoms with Gasteiger partial charge in [-0.3, -0.25) is 9.59 Å². The molecule has 1 amide bonds. The summed E-state index contributed by atoms with van der Waals surface area (Å²) >= 11 is 0. The lowest BCUT2D eigenvalue weighted by atomic mass is 10.1. The Morgan fingerprint density at radius 2 is 1.67 bits per heavy atom. The molecule has 1 N–H and O–H groups in total. The fourth-order valence-electron chi connectivity index (χ4n) is 3.41. The fourth-order valence-corrected chi connectivity index (χ4v) is 3.41. The zero-order chi connectivity index (χ0) is 18.6. The monoisotopic (exact) mass is 358 g/mol. The van der Waals surface area contributed by atoms with E-state index < -0.39 is 0 Å². The number of amides is 1. The van der Waals surface area contributed by atoms with Gasteiger partial charge in [0.15, 0.2) is 0 Å². The molecule has 0 saturated heterocycles. The van der Waals surface area contributed by atoms with Gasteiger partial charge < -0.3 is 9.88 Å². The van der Waals surface area contributed by atoms with Crippen molar-refractivity contribution in [3.63, 3.8) is 0 Å². The van der Waals surface area contributed by atoms with E-state index in [1.54, 1.807) is 16.8 Å². The first-order valence-corrected chi connectivity index (χ1v) is 9.31. The van der Waals surface area contributed by atoms with Gasteiger partial charge in [0.25, 0.3) is 11.5 Å². The molecule has 0 aliphatic heterocycles. The number of carbonyl (C=O) groups is 1. The zero-order valence-corrected chi connectivity index (χ0v) is 15.0. The fraction of sp³-hybridized carbons (Fsp3) is 0.217. The molecule has 1 saturated carbocycles. The third-order valence-corrected chi connectivity index (χ3v) is 5.06. The van der Waals surface area contributed by atoms with E-state index in [1.165, 1.54) is 17.2 Å². The van der Waals surface area contributed by atoms with Crippen LogP contribution in [0.25, 0.3) is 0 Å². The largest absolute Gasteiger partial charge is 0.349 e. The minimum Gasteiger partial charge on any atom is -0.349 e. The Balaban J connectivity index is 1.40. The summed E-state index contributed by atoms with van der Waals surface area (Å²) in [5.41, 5.74) is 2.87. The molecule has 2 aromatic carbocycles. The summed E-state index contributed by atoms with van der Waals surface area (Å²) in [4.78, 5) is 24.7. The van der Waals surface area contributed by atoms with Crippen molar-refractivity contribution in [2.75, 3.05) is 0 Å². The number of carbonyl (C=O) groups excluding carboxylic acids is 1. The Hall–Kier alpha value is -3.14. The molecular weight excluding hydrogens is 336 g/mol. The first-order valence-electron chi connectivity index (χ1n) is 9.31. The van der Waals surface area contributed by atoms with Crippen LogP contribution in [0.3, 0.4) is 0 Å². The van der Waals surface area contributed by atoms with Gasteiger partial charge in [-0.15, -0.1) is 0 Å². The number of hydrogen-bond acceptors (Lipinski definition) is 2. The molecule has 136 valence electrons. The number of hydrogen-bond donors (Lipinski definition) is 1. The second-order valence-corrected chi connectivity index (χ2v) is 7.02. The van der Waals surface area contributed by atoms with Crippen molar-refractivity contribution in [3.05, 3.63) is 106 Å². The first kappa shape index (κ1) is 17.3. The lowest BCUT2D eigenvalue weighted by Gasteiger charge is -2.09. The highest BCUT2D eigenvalue weighted by Crippen LogP contribution is 2.40. The van der Waals surface area contributed by atoms with Crippen LogP contribution < -0.4 is 10.9 Å². The van der Waals surface area contributed by atoms with Gasteiger partial charge in [-0.2, -0.15) is 0 Å². The quantitative estimate of drug-likeness (QED) is 0.734. The highest BCUT2D eigenvalue weighted by atomic mass is 16.2. The Labute approximate surface area is 158 Å². The molecule has 1 fully saturated rings. The summed E-state index contributed by atoms with van der Waals surface area (Å²) in [6.45, 7) is 0.556. The van der Waals surface area contributed by atoms with E-state index in [4.69, 9.17) is 0 Å². The van der Waals surface area contributed by atoms with Crippen molar-refractivity contribution in [1.82, 2.24) is 9.88 Å². The van der Waals surface area contributed by atoms with Crippen molar-refractivity contribution in [3.8, 4) is 0 Å². The predicted molar refractivity (Wildman–Crippen MR) is 106 cm³/mol. The number of rotatable bonds is 6. The number of benzene rings is 2. The van der Waals surface area contributed by atoms with Crippen LogP contribution >= 0.6 is 0 Å². The smallest absolute Gasteiger partial charge is 0.253 e. The van der Waals surface area contributed by atoms with Gasteiger partial charge in [0.2, 0.25) is 0 Å². The van der Waals surface area contributed by atoms with Gasteiger partial charge in [-0.1, -0.05) is 60.7 Å². The lowest BCUT2D eigenvalue weighted by Crippen LogP contribution is -2.29. The van der Waals surface area contributed by atoms with Crippen LogP contribution in [0.2, 0.25) is 0 Å². The summed E-state index contributed by atoms with van der Waals surface area (Å²) in [5, 5.41) is 3.08. The highest BCUT2D eigenvalue weighted by molar-refractivity contribution is 5.94. The molecule has 1 heterocycles. The average molecular weight is 358 g/mol. The minimum atomic E-state index is -0.119. The van der Waals surface area contributed by atoms with Crippen LogP contribution in [0.15, 0.2) is 83.8 Å². The van der Waals surface area contributed by atoms with E-state index in [-0.39, 0.29) is 17.5 Å². The summed E-state index contributed by atoms with van der Waals surface area (Å²) in [6, 6.07) is 23.5. The molecule has 0 unspecified atom stereocenters. The first-order chi connectivity index (χ1) is 13.2. The topological polar surface area (TPSA) is 51.1 Å². The van der Waals surface area contributed by atoms with Crippen molar-refractivity contribution in [2.45, 2.75) is 31.3 Å². The van der Waals surface area contributed by atoms with Crippen LogP contribution in [0, 0.1) is 0 Å². The van der Waals surface area contributed by atoms with Crippen LogP contribution in [0.1, 0.15) is 33.8 Å². The molecule has 3 aromatic rings. The normalized spacial score (nSPS) is 18.1. The van der Waals surface area contributed by atoms with E-state index >= 15 is 0 Å². The average Bonchev–Trinajstić information content (AvgIpc) is 3.48. The van der Waals surface area contributed by atoms with Gasteiger partial charge in [-0.05, 0) is 30.0 Å². The Bertz CT molecular complexity index is 980. The maximum atomic E-state index is 12.6. The number of aromatic nitrogens is 1. The van der Waals surface area contributed by atoms with Crippen LogP contribution in [0.4, 0.5) is 0 Å². The molecule has 2 atom stereocenters. The maximum Gasteiger partial charge on any atom is 0.253 e. The second kappa shape index (κ2) is 7.62. The van der Waals surface area contributed by atoms with Crippen LogP contribution in [0.5, 0.6) is 0 Å². The summed E-state index contributed by atoms with van der Waals surface area (Å²) in [7, 11) is 0. The number of pyridine rings is 1. The molecular formula is C23H22N2O2. The zero-order valence-electron chi connectivity index (χ0n) is 15.0. The maximum absolute atomic E-state index is 12.6. The van der Waals surface area contributed by atoms with Crippen LogP contribution in [-0.4, -0.2) is 16.5 Å². The van der Waals surface area contributed by atoms with E-state index in [0.717, 1.165) is 12.8 Å². The Kier molecular flexibility index (Phi) is 4.88. The SMILES string of the molecule is O=C(N[C@@H]1C[C@H]1c1ccccc1)c1ccc(=O)n(CCc2ccccc2)c1. The van der Waals surface area contributed by atoms with E-state index in [2.05, 4.69) is 17.4 Å². The molecule has 27 heavy (non-hydrogen) atoms. The van der Waals surface area contributed by atoms with Gasteiger partial charge in [0.1, 0.15) is 0 Å². The van der Waals surface area contributed by atoms with E-state index in [1.807, 2.05) is 48.5 Å². The number of nitrogens with zero attached hydrogens (tertiary/aromatic N) is 1. The van der Waals surface area contributed by atoms with Crippen molar-refractivity contribution in [2.24, 2.45) is 0 Å². The predicted octanol–water partition coefficient (Wildman–Crippen LogP) is 3.38. The van der Waals surface area contributed by atoms with E-state index in [0.29, 0.717) is 18.0 Å². The third kappa shape index (κ3) is 4.17. The van der Waals surface area contributed by atoms with Gasteiger partial charge in [-0.25, -0.2) is 0 Å². The highest BCUT2D eigenvalue weighted by Gasteiger charge is 2.39. The van der Waals surface area contributed by atoms with E-state index in [9.17, 15) is 9.59 Å². The van der Waals surface area contributed by atoms with Crippen molar-refractivity contribution in [1.29, 1.82) is 0 Å². The molecule has 1 aliphatic rings. The molecule has 4 heteroatoms. The van der Waals surface area contributed by atoms with Gasteiger partial charge in [0, 0.05) is 30.8 Å². The van der Waals surface area contributed by atoms with Gasteiger partial charge in [0.05, 0.1) is 5.56 Å². The number of nitrogens with one attached hydrogen (secondary N) is 1. The Morgan fingerprint density at radius 1 is 0.963 bits per heavy atom. The van der Waals surface area contributed by atoms with Crippen molar-refractivity contribution < 1.29 is 4.79 Å². The summed E-state index contributed by atoms with van der Waals surface area (Å²) in [5.74, 6) is 0.269. The molecule has 0 bridgehead atoms. The van der Waals surface area contributed by atoms with Crippen LogP contribution in [-0.2, 0) is 13.0 Å².